The lowest BCUT2D eigenvalue weighted by Crippen LogP contribution is -2.50. The lowest BCUT2D eigenvalue weighted by molar-refractivity contribution is -0.134. The number of halogens is 1. The number of benzene rings is 1. The molecule has 2 fully saturated rings. The van der Waals surface area contributed by atoms with Gasteiger partial charge in [-0.1, -0.05) is 19.3 Å². The van der Waals surface area contributed by atoms with E-state index >= 15 is 0 Å². The highest BCUT2D eigenvalue weighted by atomic mass is 19.1. The van der Waals surface area contributed by atoms with Crippen LogP contribution in [-0.4, -0.2) is 28.4 Å². The van der Waals surface area contributed by atoms with Crippen molar-refractivity contribution in [3.8, 4) is 0 Å². The van der Waals surface area contributed by atoms with E-state index in [1.807, 2.05) is 0 Å². The van der Waals surface area contributed by atoms with E-state index in [0.717, 1.165) is 36.4 Å². The highest BCUT2D eigenvalue weighted by molar-refractivity contribution is 6.09. The SMILES string of the molecule is O=C(NN1C(=O)NC2(CCCCC2)C1=O)c1ccc(F)cc1. The Morgan fingerprint density at radius 3 is 2.41 bits per heavy atom. The second kappa shape index (κ2) is 5.40. The molecule has 6 nitrogen and oxygen atoms in total. The molecule has 1 aliphatic carbocycles. The van der Waals surface area contributed by atoms with Gasteiger partial charge in [0, 0.05) is 5.56 Å². The third kappa shape index (κ3) is 2.43. The molecule has 4 amide bonds. The van der Waals surface area contributed by atoms with Crippen molar-refractivity contribution in [2.45, 2.75) is 37.6 Å². The van der Waals surface area contributed by atoms with E-state index in [2.05, 4.69) is 10.7 Å². The van der Waals surface area contributed by atoms with Gasteiger partial charge in [0.2, 0.25) is 0 Å². The van der Waals surface area contributed by atoms with Gasteiger partial charge < -0.3 is 5.32 Å². The number of amides is 4. The Kier molecular flexibility index (Phi) is 3.56. The molecule has 0 unspecified atom stereocenters. The number of nitrogens with zero attached hydrogens (tertiary/aromatic N) is 1. The topological polar surface area (TPSA) is 78.5 Å². The molecule has 0 bridgehead atoms. The maximum atomic E-state index is 12.9. The average molecular weight is 305 g/mol. The van der Waals surface area contributed by atoms with Gasteiger partial charge in [0.1, 0.15) is 11.4 Å². The maximum absolute atomic E-state index is 12.9. The summed E-state index contributed by atoms with van der Waals surface area (Å²) in [4.78, 5) is 36.5. The molecule has 2 N–H and O–H groups in total. The van der Waals surface area contributed by atoms with Gasteiger partial charge in [-0.15, -0.1) is 0 Å². The molecule has 1 heterocycles. The van der Waals surface area contributed by atoms with Crippen LogP contribution in [0.2, 0.25) is 0 Å². The van der Waals surface area contributed by atoms with Crippen LogP contribution in [0.1, 0.15) is 42.5 Å². The van der Waals surface area contributed by atoms with E-state index < -0.39 is 29.2 Å². The minimum Gasteiger partial charge on any atom is -0.322 e. The molecule has 2 aliphatic rings. The van der Waals surface area contributed by atoms with Crippen LogP contribution >= 0.6 is 0 Å². The second-order valence-corrected chi connectivity index (χ2v) is 5.66. The van der Waals surface area contributed by atoms with Crippen molar-refractivity contribution in [3.05, 3.63) is 35.6 Å². The fourth-order valence-corrected chi connectivity index (χ4v) is 2.98. The van der Waals surface area contributed by atoms with Crippen molar-refractivity contribution < 1.29 is 18.8 Å². The van der Waals surface area contributed by atoms with Gasteiger partial charge in [0.15, 0.2) is 0 Å². The molecule has 0 radical (unpaired) electrons. The molecule has 1 aromatic rings. The van der Waals surface area contributed by atoms with Crippen LogP contribution in [0.3, 0.4) is 0 Å². The van der Waals surface area contributed by atoms with Gasteiger partial charge in [-0.3, -0.25) is 15.0 Å². The van der Waals surface area contributed by atoms with Crippen LogP contribution in [0, 0.1) is 5.82 Å². The highest BCUT2D eigenvalue weighted by Crippen LogP contribution is 2.33. The lowest BCUT2D eigenvalue weighted by Gasteiger charge is -2.30. The minimum absolute atomic E-state index is 0.173. The molecule has 7 heteroatoms. The second-order valence-electron chi connectivity index (χ2n) is 5.66. The molecule has 1 aliphatic heterocycles. The molecule has 0 atom stereocenters. The van der Waals surface area contributed by atoms with Crippen LogP contribution in [-0.2, 0) is 4.79 Å². The van der Waals surface area contributed by atoms with Crippen molar-refractivity contribution in [1.29, 1.82) is 0 Å². The number of hydrogen-bond donors (Lipinski definition) is 2. The van der Waals surface area contributed by atoms with Crippen LogP contribution in [0.15, 0.2) is 24.3 Å². The third-order valence-electron chi connectivity index (χ3n) is 4.19. The summed E-state index contributed by atoms with van der Waals surface area (Å²) in [5.74, 6) is -1.52. The minimum atomic E-state index is -0.884. The normalized spacial score (nSPS) is 20.1. The first-order valence-corrected chi connectivity index (χ1v) is 7.25. The third-order valence-corrected chi connectivity index (χ3v) is 4.19. The lowest BCUT2D eigenvalue weighted by atomic mass is 9.82. The summed E-state index contributed by atoms with van der Waals surface area (Å²) in [6, 6.07) is 4.24. The van der Waals surface area contributed by atoms with Crippen molar-refractivity contribution in [2.75, 3.05) is 0 Å². The van der Waals surface area contributed by atoms with Gasteiger partial charge in [0.25, 0.3) is 11.8 Å². The largest absolute Gasteiger partial charge is 0.344 e. The highest BCUT2D eigenvalue weighted by Gasteiger charge is 2.52. The Hall–Kier alpha value is -2.44. The van der Waals surface area contributed by atoms with E-state index in [1.165, 1.54) is 12.1 Å². The Labute approximate surface area is 126 Å². The molecule has 1 spiro atoms. The number of carbonyl (C=O) groups is 3. The quantitative estimate of drug-likeness (QED) is 0.817. The summed E-state index contributed by atoms with van der Waals surface area (Å²) < 4.78 is 12.9. The molecule has 1 saturated heterocycles. The summed E-state index contributed by atoms with van der Waals surface area (Å²) in [5, 5.41) is 3.43. The van der Waals surface area contributed by atoms with E-state index in [-0.39, 0.29) is 5.56 Å². The Bertz CT molecular complexity index is 623. The predicted molar refractivity (Wildman–Crippen MR) is 75.1 cm³/mol. The van der Waals surface area contributed by atoms with Crippen molar-refractivity contribution >= 4 is 17.8 Å². The first-order chi connectivity index (χ1) is 10.5. The molecular weight excluding hydrogens is 289 g/mol. The molecular formula is C15H16FN3O3. The summed E-state index contributed by atoms with van der Waals surface area (Å²) in [5.41, 5.74) is 1.59. The number of nitrogens with one attached hydrogen (secondary N) is 2. The molecule has 0 aromatic heterocycles. The first-order valence-electron chi connectivity index (χ1n) is 7.25. The van der Waals surface area contributed by atoms with Gasteiger partial charge in [-0.2, -0.15) is 5.01 Å². The van der Waals surface area contributed by atoms with Crippen LogP contribution in [0.4, 0.5) is 9.18 Å². The maximum Gasteiger partial charge on any atom is 0.344 e. The van der Waals surface area contributed by atoms with Crippen molar-refractivity contribution in [3.63, 3.8) is 0 Å². The molecule has 1 saturated carbocycles. The van der Waals surface area contributed by atoms with E-state index in [4.69, 9.17) is 0 Å². The predicted octanol–water partition coefficient (Wildman–Crippen LogP) is 1.73. The number of rotatable bonds is 2. The summed E-state index contributed by atoms with van der Waals surface area (Å²) in [6.45, 7) is 0. The van der Waals surface area contributed by atoms with Gasteiger partial charge in [0.05, 0.1) is 0 Å². The zero-order chi connectivity index (χ0) is 15.7. The van der Waals surface area contributed by atoms with Gasteiger partial charge in [-0.05, 0) is 37.1 Å². The summed E-state index contributed by atoms with van der Waals surface area (Å²) in [7, 11) is 0. The number of imide groups is 1. The Morgan fingerprint density at radius 2 is 1.77 bits per heavy atom. The summed E-state index contributed by atoms with van der Waals surface area (Å²) >= 11 is 0. The zero-order valence-corrected chi connectivity index (χ0v) is 11.9. The van der Waals surface area contributed by atoms with Crippen molar-refractivity contribution in [2.24, 2.45) is 0 Å². The molecule has 3 rings (SSSR count). The number of hydrazine groups is 1. The molecule has 116 valence electrons. The standard InChI is InChI=1S/C15H16FN3O3/c16-11-6-4-10(5-7-11)12(20)18-19-13(21)15(17-14(19)22)8-2-1-3-9-15/h4-7H,1-3,8-9H2,(H,17,22)(H,18,20). The number of hydrogen-bond acceptors (Lipinski definition) is 3. The van der Waals surface area contributed by atoms with Gasteiger partial charge in [-0.25, -0.2) is 9.18 Å². The van der Waals surface area contributed by atoms with Crippen LogP contribution < -0.4 is 10.7 Å². The fraction of sp³-hybridized carbons (Fsp3) is 0.400. The monoisotopic (exact) mass is 305 g/mol. The molecule has 1 aromatic carbocycles. The van der Waals surface area contributed by atoms with Gasteiger partial charge >= 0.3 is 6.03 Å². The first kappa shape index (κ1) is 14.5. The number of carbonyl (C=O) groups excluding carboxylic acids is 3. The Morgan fingerprint density at radius 1 is 1.14 bits per heavy atom. The molecule has 22 heavy (non-hydrogen) atoms. The average Bonchev–Trinajstić information content (AvgIpc) is 2.73. The summed E-state index contributed by atoms with van der Waals surface area (Å²) in [6.07, 6.45) is 3.94. The number of urea groups is 1. The smallest absolute Gasteiger partial charge is 0.322 e. The van der Waals surface area contributed by atoms with Crippen LogP contribution in [0.25, 0.3) is 0 Å². The fourth-order valence-electron chi connectivity index (χ4n) is 2.98. The Balaban J connectivity index is 1.74. The van der Waals surface area contributed by atoms with Crippen molar-refractivity contribution in [1.82, 2.24) is 15.8 Å². The van der Waals surface area contributed by atoms with E-state index in [1.54, 1.807) is 0 Å². The van der Waals surface area contributed by atoms with E-state index in [0.29, 0.717) is 12.8 Å². The van der Waals surface area contributed by atoms with E-state index in [9.17, 15) is 18.8 Å². The van der Waals surface area contributed by atoms with Crippen LogP contribution in [0.5, 0.6) is 0 Å². The zero-order valence-electron chi connectivity index (χ0n) is 11.9.